The normalized spacial score (nSPS) is 9.83. The number of nitrogens with zero attached hydrogens (tertiary/aromatic N) is 2. The Morgan fingerprint density at radius 3 is 2.94 bits per heavy atom. The van der Waals surface area contributed by atoms with Crippen LogP contribution in [0.2, 0.25) is 5.02 Å². The summed E-state index contributed by atoms with van der Waals surface area (Å²) in [5.74, 6) is 0.645. The first kappa shape index (κ1) is 12.4. The van der Waals surface area contributed by atoms with Crippen LogP contribution in [0.1, 0.15) is 16.8 Å². The van der Waals surface area contributed by atoms with Crippen molar-refractivity contribution >= 4 is 11.6 Å². The minimum Gasteiger partial charge on any atom is -0.487 e. The number of benzene rings is 1. The molecule has 0 saturated heterocycles. The molecule has 4 heteroatoms. The number of aryl methyl sites for hydroxylation is 1. The fourth-order valence-electron chi connectivity index (χ4n) is 1.51. The van der Waals surface area contributed by atoms with Crippen molar-refractivity contribution in [2.45, 2.75) is 13.5 Å². The van der Waals surface area contributed by atoms with Crippen molar-refractivity contribution in [2.24, 2.45) is 0 Å². The Morgan fingerprint density at radius 2 is 2.17 bits per heavy atom. The van der Waals surface area contributed by atoms with Gasteiger partial charge in [-0.2, -0.15) is 5.26 Å². The molecule has 0 unspecified atom stereocenters. The van der Waals surface area contributed by atoms with Gasteiger partial charge in [0.05, 0.1) is 5.02 Å². The monoisotopic (exact) mass is 258 g/mol. The summed E-state index contributed by atoms with van der Waals surface area (Å²) in [6.45, 7) is 2.34. The van der Waals surface area contributed by atoms with Crippen molar-refractivity contribution in [3.63, 3.8) is 0 Å². The standard InChI is InChI=1S/C14H11ClN2O/c1-10-2-3-13(15)14(6-10)18-9-11-4-5-17-12(7-11)8-16/h2-7H,9H2,1H3. The van der Waals surface area contributed by atoms with E-state index in [1.807, 2.05) is 31.2 Å². The molecule has 0 aliphatic carbocycles. The predicted octanol–water partition coefficient (Wildman–Crippen LogP) is 3.49. The molecule has 90 valence electrons. The van der Waals surface area contributed by atoms with E-state index >= 15 is 0 Å². The molecule has 0 atom stereocenters. The fraction of sp³-hybridized carbons (Fsp3) is 0.143. The molecular weight excluding hydrogens is 248 g/mol. The maximum Gasteiger partial charge on any atom is 0.140 e. The average molecular weight is 259 g/mol. The van der Waals surface area contributed by atoms with Crippen LogP contribution in [-0.2, 0) is 6.61 Å². The molecule has 18 heavy (non-hydrogen) atoms. The number of ether oxygens (including phenoxy) is 1. The highest BCUT2D eigenvalue weighted by molar-refractivity contribution is 6.32. The van der Waals surface area contributed by atoms with Crippen LogP contribution in [0.5, 0.6) is 5.75 Å². The average Bonchev–Trinajstić information content (AvgIpc) is 2.40. The molecule has 0 amide bonds. The minimum atomic E-state index is 0.361. The van der Waals surface area contributed by atoms with Gasteiger partial charge in [0.25, 0.3) is 0 Å². The van der Waals surface area contributed by atoms with Crippen molar-refractivity contribution in [2.75, 3.05) is 0 Å². The molecule has 0 radical (unpaired) electrons. The first-order valence-corrected chi connectivity index (χ1v) is 5.81. The molecule has 1 heterocycles. The lowest BCUT2D eigenvalue weighted by atomic mass is 10.2. The summed E-state index contributed by atoms with van der Waals surface area (Å²) in [4.78, 5) is 3.90. The van der Waals surface area contributed by atoms with Crippen LogP contribution in [0.15, 0.2) is 36.5 Å². The molecule has 1 aromatic carbocycles. The summed E-state index contributed by atoms with van der Waals surface area (Å²) in [5, 5.41) is 9.33. The van der Waals surface area contributed by atoms with Gasteiger partial charge < -0.3 is 4.74 Å². The molecule has 0 aliphatic heterocycles. The number of hydrogen-bond donors (Lipinski definition) is 0. The first-order valence-electron chi connectivity index (χ1n) is 5.43. The van der Waals surface area contributed by atoms with Crippen LogP contribution in [-0.4, -0.2) is 4.98 Å². The van der Waals surface area contributed by atoms with E-state index in [2.05, 4.69) is 4.98 Å². The van der Waals surface area contributed by atoms with Gasteiger partial charge in [-0.3, -0.25) is 0 Å². The molecule has 0 spiro atoms. The second kappa shape index (κ2) is 5.52. The third-order valence-electron chi connectivity index (χ3n) is 2.42. The zero-order chi connectivity index (χ0) is 13.0. The van der Waals surface area contributed by atoms with Gasteiger partial charge in [0, 0.05) is 6.20 Å². The summed E-state index contributed by atoms with van der Waals surface area (Å²) >= 11 is 6.03. The van der Waals surface area contributed by atoms with Gasteiger partial charge in [0.1, 0.15) is 24.1 Å². The van der Waals surface area contributed by atoms with Crippen LogP contribution in [0, 0.1) is 18.3 Å². The number of aromatic nitrogens is 1. The zero-order valence-corrected chi connectivity index (χ0v) is 10.6. The molecule has 0 N–H and O–H groups in total. The lowest BCUT2D eigenvalue weighted by Crippen LogP contribution is -1.97. The predicted molar refractivity (Wildman–Crippen MR) is 69.5 cm³/mol. The topological polar surface area (TPSA) is 45.9 Å². The first-order chi connectivity index (χ1) is 8.69. The molecule has 0 saturated carbocycles. The molecule has 2 rings (SSSR count). The van der Waals surface area contributed by atoms with Crippen LogP contribution >= 0.6 is 11.6 Å². The summed E-state index contributed by atoms with van der Waals surface area (Å²) in [5.41, 5.74) is 2.35. The second-order valence-electron chi connectivity index (χ2n) is 3.88. The number of nitriles is 1. The van der Waals surface area contributed by atoms with Gasteiger partial charge in [0.15, 0.2) is 0 Å². The van der Waals surface area contributed by atoms with E-state index in [0.29, 0.717) is 23.1 Å². The highest BCUT2D eigenvalue weighted by Gasteiger charge is 2.03. The molecule has 0 fully saturated rings. The van der Waals surface area contributed by atoms with Gasteiger partial charge >= 0.3 is 0 Å². The van der Waals surface area contributed by atoms with Crippen LogP contribution in [0.4, 0.5) is 0 Å². The minimum absolute atomic E-state index is 0.361. The lowest BCUT2D eigenvalue weighted by Gasteiger charge is -2.08. The van der Waals surface area contributed by atoms with Crippen molar-refractivity contribution in [3.8, 4) is 11.8 Å². The summed E-state index contributed by atoms with van der Waals surface area (Å²) < 4.78 is 5.63. The smallest absolute Gasteiger partial charge is 0.140 e. The Bertz CT molecular complexity index is 605. The highest BCUT2D eigenvalue weighted by atomic mass is 35.5. The van der Waals surface area contributed by atoms with E-state index in [1.165, 1.54) is 0 Å². The van der Waals surface area contributed by atoms with Crippen molar-refractivity contribution in [1.29, 1.82) is 5.26 Å². The number of halogens is 1. The Kier molecular flexibility index (Phi) is 3.81. The molecule has 2 aromatic rings. The molecular formula is C14H11ClN2O. The van der Waals surface area contributed by atoms with Gasteiger partial charge in [-0.05, 0) is 42.3 Å². The second-order valence-corrected chi connectivity index (χ2v) is 4.29. The SMILES string of the molecule is Cc1ccc(Cl)c(OCc2ccnc(C#N)c2)c1. The van der Waals surface area contributed by atoms with Gasteiger partial charge in [0.2, 0.25) is 0 Å². The maximum atomic E-state index is 8.75. The van der Waals surface area contributed by atoms with E-state index in [-0.39, 0.29) is 0 Å². The van der Waals surface area contributed by atoms with Crippen LogP contribution < -0.4 is 4.74 Å². The summed E-state index contributed by atoms with van der Waals surface area (Å²) in [6, 6.07) is 11.1. The van der Waals surface area contributed by atoms with Crippen molar-refractivity contribution in [1.82, 2.24) is 4.98 Å². The molecule has 0 bridgehead atoms. The van der Waals surface area contributed by atoms with Gasteiger partial charge in [-0.15, -0.1) is 0 Å². The third-order valence-corrected chi connectivity index (χ3v) is 2.73. The van der Waals surface area contributed by atoms with E-state index in [0.717, 1.165) is 11.1 Å². The number of rotatable bonds is 3. The Morgan fingerprint density at radius 1 is 1.33 bits per heavy atom. The maximum absolute atomic E-state index is 8.75. The molecule has 1 aromatic heterocycles. The van der Waals surface area contributed by atoms with E-state index in [4.69, 9.17) is 21.6 Å². The van der Waals surface area contributed by atoms with Gasteiger partial charge in [-0.1, -0.05) is 17.7 Å². The Hall–Kier alpha value is -2.05. The number of hydrogen-bond acceptors (Lipinski definition) is 3. The molecule has 0 aliphatic rings. The highest BCUT2D eigenvalue weighted by Crippen LogP contribution is 2.26. The summed E-state index contributed by atoms with van der Waals surface area (Å²) in [6.07, 6.45) is 1.59. The Labute approximate surface area is 111 Å². The summed E-state index contributed by atoms with van der Waals surface area (Å²) in [7, 11) is 0. The lowest BCUT2D eigenvalue weighted by molar-refractivity contribution is 0.306. The van der Waals surface area contributed by atoms with Gasteiger partial charge in [-0.25, -0.2) is 4.98 Å². The number of pyridine rings is 1. The quantitative estimate of drug-likeness (QED) is 0.847. The fourth-order valence-corrected chi connectivity index (χ4v) is 1.68. The third kappa shape index (κ3) is 2.99. The van der Waals surface area contributed by atoms with Crippen molar-refractivity contribution in [3.05, 3.63) is 58.4 Å². The van der Waals surface area contributed by atoms with Crippen LogP contribution in [0.3, 0.4) is 0 Å². The van der Waals surface area contributed by atoms with Crippen molar-refractivity contribution < 1.29 is 4.74 Å². The van der Waals surface area contributed by atoms with Crippen LogP contribution in [0.25, 0.3) is 0 Å². The Balaban J connectivity index is 2.11. The largest absolute Gasteiger partial charge is 0.487 e. The molecule has 3 nitrogen and oxygen atoms in total. The van der Waals surface area contributed by atoms with E-state index < -0.39 is 0 Å². The zero-order valence-electron chi connectivity index (χ0n) is 9.85. The van der Waals surface area contributed by atoms with E-state index in [9.17, 15) is 0 Å². The van der Waals surface area contributed by atoms with E-state index in [1.54, 1.807) is 18.3 Å².